The summed E-state index contributed by atoms with van der Waals surface area (Å²) in [5.74, 6) is 0.0631. The normalized spacial score (nSPS) is 15.6. The highest BCUT2D eigenvalue weighted by atomic mass is 32.2. The minimum atomic E-state index is -3.97. The Hall–Kier alpha value is -3.17. The Labute approximate surface area is 188 Å². The van der Waals surface area contributed by atoms with Crippen molar-refractivity contribution < 1.29 is 16.8 Å². The zero-order valence-electron chi connectivity index (χ0n) is 17.7. The lowest BCUT2D eigenvalue weighted by Crippen LogP contribution is -2.38. The molecule has 0 amide bonds. The van der Waals surface area contributed by atoms with Gasteiger partial charge in [-0.1, -0.05) is 47.5 Å². The quantitative estimate of drug-likeness (QED) is 0.544. The zero-order valence-corrected chi connectivity index (χ0v) is 19.3. The highest BCUT2D eigenvalue weighted by Gasteiger charge is 2.33. The fourth-order valence-corrected chi connectivity index (χ4v) is 6.22. The predicted octanol–water partition coefficient (Wildman–Crippen LogP) is 3.66. The molecule has 0 spiro atoms. The van der Waals surface area contributed by atoms with Gasteiger partial charge in [0.2, 0.25) is 0 Å². The van der Waals surface area contributed by atoms with Gasteiger partial charge in [0.05, 0.1) is 28.6 Å². The van der Waals surface area contributed by atoms with Gasteiger partial charge in [-0.15, -0.1) is 0 Å². The van der Waals surface area contributed by atoms with Crippen LogP contribution >= 0.6 is 0 Å². The average Bonchev–Trinajstić information content (AvgIpc) is 2.75. The van der Waals surface area contributed by atoms with Crippen molar-refractivity contribution in [1.29, 1.82) is 0 Å². The number of anilines is 2. The van der Waals surface area contributed by atoms with Crippen molar-refractivity contribution in [1.82, 2.24) is 4.98 Å². The lowest BCUT2D eigenvalue weighted by atomic mass is 10.2. The summed E-state index contributed by atoms with van der Waals surface area (Å²) in [5, 5.41) is 0. The summed E-state index contributed by atoms with van der Waals surface area (Å²) in [6.45, 7) is 3.86. The summed E-state index contributed by atoms with van der Waals surface area (Å²) in [5.41, 5.74) is 2.08. The van der Waals surface area contributed by atoms with Crippen LogP contribution in [0.2, 0.25) is 0 Å². The maximum absolute atomic E-state index is 13.5. The van der Waals surface area contributed by atoms with Gasteiger partial charge in [-0.2, -0.15) is 0 Å². The van der Waals surface area contributed by atoms with E-state index in [1.54, 1.807) is 60.7 Å². The smallest absolute Gasteiger partial charge is 0.259 e. The molecule has 0 aliphatic carbocycles. The third-order valence-electron chi connectivity index (χ3n) is 5.20. The number of nitrogens with zero attached hydrogens (tertiary/aromatic N) is 3. The molecule has 0 saturated carbocycles. The topological polar surface area (TPSA) is 87.7 Å². The van der Waals surface area contributed by atoms with E-state index in [2.05, 4.69) is 4.98 Å². The Kier molecular flexibility index (Phi) is 5.79. The zero-order chi connectivity index (χ0) is 22.9. The maximum atomic E-state index is 13.5. The molecule has 1 aromatic heterocycles. The van der Waals surface area contributed by atoms with Gasteiger partial charge in [-0.3, -0.25) is 4.31 Å². The van der Waals surface area contributed by atoms with Crippen LogP contribution in [0.5, 0.6) is 0 Å². The second-order valence-electron chi connectivity index (χ2n) is 7.52. The number of pyridine rings is 1. The second kappa shape index (κ2) is 8.40. The molecule has 0 bridgehead atoms. The van der Waals surface area contributed by atoms with Crippen molar-refractivity contribution >= 4 is 31.6 Å². The number of fused-ring (bicyclic) bond motifs is 1. The first-order valence-corrected chi connectivity index (χ1v) is 12.9. The number of rotatable bonds is 4. The molecule has 4 rings (SSSR count). The van der Waals surface area contributed by atoms with E-state index in [9.17, 15) is 16.8 Å². The van der Waals surface area contributed by atoms with E-state index < -0.39 is 20.0 Å². The molecule has 0 fully saturated rings. The molecule has 0 radical (unpaired) electrons. The molecule has 166 valence electrons. The number of benzene rings is 2. The van der Waals surface area contributed by atoms with E-state index in [1.165, 1.54) is 22.6 Å². The van der Waals surface area contributed by atoms with E-state index in [0.29, 0.717) is 0 Å². The van der Waals surface area contributed by atoms with Gasteiger partial charge in [0, 0.05) is 6.20 Å². The van der Waals surface area contributed by atoms with E-state index >= 15 is 0 Å². The first-order chi connectivity index (χ1) is 15.2. The lowest BCUT2D eigenvalue weighted by molar-refractivity contribution is 0.588. The summed E-state index contributed by atoms with van der Waals surface area (Å²) in [4.78, 5) is 4.53. The molecule has 9 heteroatoms. The molecule has 1 aliphatic heterocycles. The van der Waals surface area contributed by atoms with E-state index in [-0.39, 0.29) is 34.4 Å². The molecular weight excluding hydrogens is 446 g/mol. The van der Waals surface area contributed by atoms with Crippen LogP contribution in [0.4, 0.5) is 11.5 Å². The van der Waals surface area contributed by atoms with Gasteiger partial charge < -0.3 is 0 Å². The van der Waals surface area contributed by atoms with Crippen LogP contribution in [-0.4, -0.2) is 34.9 Å². The highest BCUT2D eigenvalue weighted by Crippen LogP contribution is 2.35. The fraction of sp³-hybridized carbons (Fsp3) is 0.174. The van der Waals surface area contributed by atoms with Crippen LogP contribution in [0.3, 0.4) is 0 Å². The van der Waals surface area contributed by atoms with Crippen molar-refractivity contribution in [3.05, 3.63) is 90.1 Å². The molecule has 1 aliphatic rings. The summed E-state index contributed by atoms with van der Waals surface area (Å²) in [6.07, 6.45) is 4.75. The van der Waals surface area contributed by atoms with Crippen molar-refractivity contribution in [3.8, 4) is 0 Å². The Morgan fingerprint density at radius 1 is 0.688 bits per heavy atom. The van der Waals surface area contributed by atoms with Crippen molar-refractivity contribution in [2.24, 2.45) is 0 Å². The predicted molar refractivity (Wildman–Crippen MR) is 125 cm³/mol. The minimum Gasteiger partial charge on any atom is -0.259 e. The number of sulfonamides is 2. The standard InChI is InChI=1S/C23H23N3O4S2/c1-18-7-11-20(12-8-18)31(27,28)25-16-3-4-17-26(23-22(25)6-5-15-24-23)32(29,30)21-13-9-19(2)10-14-21/h3-15H,16-17H2,1-2H3/b4-3-. The third-order valence-corrected chi connectivity index (χ3v) is 8.76. The first-order valence-electron chi connectivity index (χ1n) is 10.00. The van der Waals surface area contributed by atoms with Crippen LogP contribution in [0.1, 0.15) is 11.1 Å². The summed E-state index contributed by atoms with van der Waals surface area (Å²) >= 11 is 0. The van der Waals surface area contributed by atoms with Gasteiger partial charge >= 0.3 is 0 Å². The third kappa shape index (κ3) is 4.01. The van der Waals surface area contributed by atoms with Crippen LogP contribution in [-0.2, 0) is 20.0 Å². The van der Waals surface area contributed by atoms with Gasteiger partial charge in [0.1, 0.15) is 0 Å². The number of aryl methyl sites for hydroxylation is 2. The van der Waals surface area contributed by atoms with Gasteiger partial charge in [0.15, 0.2) is 5.82 Å². The Bertz CT molecular complexity index is 1260. The molecule has 3 aromatic rings. The number of hydrogen-bond acceptors (Lipinski definition) is 5. The molecule has 7 nitrogen and oxygen atoms in total. The molecule has 32 heavy (non-hydrogen) atoms. The van der Waals surface area contributed by atoms with Crippen molar-refractivity contribution in [3.63, 3.8) is 0 Å². The van der Waals surface area contributed by atoms with Gasteiger partial charge in [-0.25, -0.2) is 26.1 Å². The summed E-state index contributed by atoms with van der Waals surface area (Å²) in [6, 6.07) is 16.2. The number of hydrogen-bond donors (Lipinski definition) is 0. The Morgan fingerprint density at radius 3 is 1.69 bits per heavy atom. The Morgan fingerprint density at radius 2 is 1.16 bits per heavy atom. The van der Waals surface area contributed by atoms with E-state index in [1.807, 2.05) is 13.8 Å². The molecule has 0 saturated heterocycles. The van der Waals surface area contributed by atoms with Crippen LogP contribution in [0.15, 0.2) is 88.8 Å². The van der Waals surface area contributed by atoms with E-state index in [4.69, 9.17) is 0 Å². The highest BCUT2D eigenvalue weighted by molar-refractivity contribution is 7.93. The molecule has 0 unspecified atom stereocenters. The largest absolute Gasteiger partial charge is 0.265 e. The summed E-state index contributed by atoms with van der Waals surface area (Å²) in [7, 11) is -7.92. The number of aromatic nitrogens is 1. The first kappa shape index (κ1) is 22.0. The van der Waals surface area contributed by atoms with Crippen LogP contribution < -0.4 is 8.61 Å². The van der Waals surface area contributed by atoms with Crippen molar-refractivity contribution in [2.75, 3.05) is 21.7 Å². The van der Waals surface area contributed by atoms with Gasteiger partial charge in [-0.05, 0) is 50.2 Å². The van der Waals surface area contributed by atoms with Gasteiger partial charge in [0.25, 0.3) is 20.0 Å². The van der Waals surface area contributed by atoms with Crippen LogP contribution in [0.25, 0.3) is 0 Å². The van der Waals surface area contributed by atoms with Crippen molar-refractivity contribution in [2.45, 2.75) is 23.6 Å². The fourth-order valence-electron chi connectivity index (χ4n) is 3.42. The molecule has 0 atom stereocenters. The molecule has 0 N–H and O–H groups in total. The molecule has 2 aromatic carbocycles. The SMILES string of the molecule is Cc1ccc(S(=O)(=O)N2C/C=C\CN(S(=O)(=O)c3ccc(C)cc3)c3ncccc32)cc1. The van der Waals surface area contributed by atoms with E-state index in [0.717, 1.165) is 15.4 Å². The molecule has 2 heterocycles. The monoisotopic (exact) mass is 469 g/mol. The average molecular weight is 470 g/mol. The second-order valence-corrected chi connectivity index (χ2v) is 11.2. The van der Waals surface area contributed by atoms with Crippen LogP contribution in [0, 0.1) is 13.8 Å². The lowest BCUT2D eigenvalue weighted by Gasteiger charge is -2.31. The summed E-state index contributed by atoms with van der Waals surface area (Å²) < 4.78 is 56.2. The molecular formula is C23H23N3O4S2. The Balaban J connectivity index is 1.85. The minimum absolute atomic E-state index is 0.0403. The maximum Gasteiger partial charge on any atom is 0.265 e.